The zero-order chi connectivity index (χ0) is 22.0. The normalized spacial score (nSPS) is 14.8. The highest BCUT2D eigenvalue weighted by Gasteiger charge is 2.28. The maximum atomic E-state index is 12.9. The molecule has 4 rings (SSSR count). The topological polar surface area (TPSA) is 41.9 Å². The van der Waals surface area contributed by atoms with Crippen molar-refractivity contribution in [2.45, 2.75) is 13.5 Å². The second-order valence-electron chi connectivity index (χ2n) is 6.89. The van der Waals surface area contributed by atoms with E-state index in [9.17, 15) is 4.79 Å². The molecule has 0 aliphatic carbocycles. The van der Waals surface area contributed by atoms with Gasteiger partial charge in [-0.05, 0) is 48.9 Å². The molecule has 1 aliphatic rings. The summed E-state index contributed by atoms with van der Waals surface area (Å²) < 4.78 is 5.81. The largest absolute Gasteiger partial charge is 0.486 e. The van der Waals surface area contributed by atoms with Crippen molar-refractivity contribution in [2.24, 2.45) is 5.10 Å². The van der Waals surface area contributed by atoms with Crippen LogP contribution in [-0.4, -0.2) is 11.6 Å². The van der Waals surface area contributed by atoms with E-state index < -0.39 is 0 Å². The maximum absolute atomic E-state index is 12.9. The van der Waals surface area contributed by atoms with Gasteiger partial charge in [-0.15, -0.1) is 0 Å². The Kier molecular flexibility index (Phi) is 6.33. The monoisotopic (exact) mass is 470 g/mol. The first-order valence-corrected chi connectivity index (χ1v) is 10.6. The minimum atomic E-state index is -0.213. The molecule has 0 spiro atoms. The van der Waals surface area contributed by atoms with Gasteiger partial charge in [0, 0.05) is 10.6 Å². The number of nitrogens with zero attached hydrogens (tertiary/aromatic N) is 2. The SMILES string of the molecule is CC1=NN(c2ccccc2)C(=O)/C1=C/c1cc(Cl)c(OCc2ccccc2Cl)c(Cl)c1. The summed E-state index contributed by atoms with van der Waals surface area (Å²) in [6.45, 7) is 2.02. The van der Waals surface area contributed by atoms with E-state index >= 15 is 0 Å². The van der Waals surface area contributed by atoms with Gasteiger partial charge >= 0.3 is 0 Å². The first-order chi connectivity index (χ1) is 14.9. The third-order valence-corrected chi connectivity index (χ3v) is 5.66. The number of hydrogen-bond donors (Lipinski definition) is 0. The predicted molar refractivity (Wildman–Crippen MR) is 127 cm³/mol. The number of anilines is 1. The summed E-state index contributed by atoms with van der Waals surface area (Å²) in [5, 5.41) is 7.04. The fourth-order valence-corrected chi connectivity index (χ4v) is 3.96. The van der Waals surface area contributed by atoms with Gasteiger partial charge in [0.2, 0.25) is 0 Å². The van der Waals surface area contributed by atoms with Crippen LogP contribution in [0.1, 0.15) is 18.1 Å². The van der Waals surface area contributed by atoms with Crippen LogP contribution in [0, 0.1) is 0 Å². The van der Waals surface area contributed by atoms with Gasteiger partial charge in [0.15, 0.2) is 5.75 Å². The van der Waals surface area contributed by atoms with E-state index in [1.807, 2.05) is 48.5 Å². The van der Waals surface area contributed by atoms with Gasteiger partial charge in [0.1, 0.15) is 6.61 Å². The molecule has 0 N–H and O–H groups in total. The van der Waals surface area contributed by atoms with Crippen LogP contribution in [0.15, 0.2) is 77.4 Å². The minimum Gasteiger partial charge on any atom is -0.486 e. The smallest absolute Gasteiger partial charge is 0.280 e. The Morgan fingerprint density at radius 2 is 1.58 bits per heavy atom. The van der Waals surface area contributed by atoms with Gasteiger partial charge in [-0.1, -0.05) is 71.2 Å². The molecule has 3 aromatic rings. The van der Waals surface area contributed by atoms with Crippen LogP contribution in [0.3, 0.4) is 0 Å². The van der Waals surface area contributed by atoms with Crippen LogP contribution in [0.2, 0.25) is 15.1 Å². The predicted octanol–water partition coefficient (Wildman–Crippen LogP) is 7.03. The number of rotatable bonds is 5. The Morgan fingerprint density at radius 1 is 0.935 bits per heavy atom. The molecule has 0 saturated carbocycles. The van der Waals surface area contributed by atoms with Crippen LogP contribution in [-0.2, 0) is 11.4 Å². The van der Waals surface area contributed by atoms with Crippen LogP contribution >= 0.6 is 34.8 Å². The Bertz CT molecular complexity index is 1180. The Balaban J connectivity index is 1.57. The number of ether oxygens (including phenoxy) is 1. The van der Waals surface area contributed by atoms with E-state index in [-0.39, 0.29) is 12.5 Å². The van der Waals surface area contributed by atoms with E-state index in [0.717, 1.165) is 5.56 Å². The summed E-state index contributed by atoms with van der Waals surface area (Å²) in [6.07, 6.45) is 1.72. The molecule has 0 atom stereocenters. The number of carbonyl (C=O) groups excluding carboxylic acids is 1. The average molecular weight is 472 g/mol. The van der Waals surface area contributed by atoms with Crippen molar-refractivity contribution in [3.05, 3.63) is 98.5 Å². The molecule has 4 nitrogen and oxygen atoms in total. The fourth-order valence-electron chi connectivity index (χ4n) is 3.16. The molecule has 0 bridgehead atoms. The van der Waals surface area contributed by atoms with Crippen molar-refractivity contribution < 1.29 is 9.53 Å². The van der Waals surface area contributed by atoms with Crippen molar-refractivity contribution in [1.29, 1.82) is 0 Å². The van der Waals surface area contributed by atoms with Crippen molar-refractivity contribution in [3.8, 4) is 5.75 Å². The molecular weight excluding hydrogens is 455 g/mol. The Morgan fingerprint density at radius 3 is 2.26 bits per heavy atom. The molecule has 0 unspecified atom stereocenters. The third kappa shape index (κ3) is 4.62. The minimum absolute atomic E-state index is 0.213. The van der Waals surface area contributed by atoms with Gasteiger partial charge in [-0.25, -0.2) is 0 Å². The summed E-state index contributed by atoms with van der Waals surface area (Å²) in [4.78, 5) is 12.9. The van der Waals surface area contributed by atoms with Gasteiger partial charge < -0.3 is 4.74 Å². The van der Waals surface area contributed by atoms with E-state index in [0.29, 0.717) is 43.4 Å². The number of carbonyl (C=O) groups is 1. The molecule has 1 heterocycles. The second-order valence-corrected chi connectivity index (χ2v) is 8.11. The van der Waals surface area contributed by atoms with Crippen molar-refractivity contribution in [3.63, 3.8) is 0 Å². The van der Waals surface area contributed by atoms with Crippen LogP contribution < -0.4 is 9.75 Å². The number of amides is 1. The zero-order valence-corrected chi connectivity index (χ0v) is 18.7. The lowest BCUT2D eigenvalue weighted by Crippen LogP contribution is -2.21. The number of benzene rings is 3. The van der Waals surface area contributed by atoms with E-state index in [1.165, 1.54) is 5.01 Å². The van der Waals surface area contributed by atoms with Gasteiger partial charge in [-0.3, -0.25) is 4.79 Å². The highest BCUT2D eigenvalue weighted by molar-refractivity contribution is 6.38. The highest BCUT2D eigenvalue weighted by Crippen LogP contribution is 2.36. The first-order valence-electron chi connectivity index (χ1n) is 9.46. The molecule has 1 amide bonds. The van der Waals surface area contributed by atoms with E-state index in [4.69, 9.17) is 39.5 Å². The Hall–Kier alpha value is -2.79. The number of hydrogen-bond acceptors (Lipinski definition) is 3. The van der Waals surface area contributed by atoms with E-state index in [2.05, 4.69) is 5.10 Å². The first kappa shape index (κ1) is 21.4. The van der Waals surface area contributed by atoms with Gasteiger partial charge in [0.05, 0.1) is 27.0 Å². The molecule has 31 heavy (non-hydrogen) atoms. The van der Waals surface area contributed by atoms with Gasteiger partial charge in [-0.2, -0.15) is 10.1 Å². The molecule has 0 aromatic heterocycles. The van der Waals surface area contributed by atoms with Crippen molar-refractivity contribution in [1.82, 2.24) is 0 Å². The second kappa shape index (κ2) is 9.15. The maximum Gasteiger partial charge on any atom is 0.280 e. The third-order valence-electron chi connectivity index (χ3n) is 4.72. The molecule has 0 fully saturated rings. The fraction of sp³-hybridized carbons (Fsp3) is 0.0833. The summed E-state index contributed by atoms with van der Waals surface area (Å²) in [7, 11) is 0. The number of hydrazone groups is 1. The lowest BCUT2D eigenvalue weighted by atomic mass is 10.1. The summed E-state index contributed by atoms with van der Waals surface area (Å²) in [6, 6.07) is 20.1. The molecule has 3 aromatic carbocycles. The quantitative estimate of drug-likeness (QED) is 0.375. The molecule has 0 saturated heterocycles. The van der Waals surface area contributed by atoms with Crippen molar-refractivity contribution in [2.75, 3.05) is 5.01 Å². The summed E-state index contributed by atoms with van der Waals surface area (Å²) in [5.74, 6) is 0.148. The number of halogens is 3. The highest BCUT2D eigenvalue weighted by atomic mass is 35.5. The van der Waals surface area contributed by atoms with Gasteiger partial charge in [0.25, 0.3) is 5.91 Å². The molecular formula is C24H17Cl3N2O2. The molecule has 1 aliphatic heterocycles. The molecule has 7 heteroatoms. The van der Waals surface area contributed by atoms with Crippen LogP contribution in [0.25, 0.3) is 6.08 Å². The zero-order valence-electron chi connectivity index (χ0n) is 16.5. The average Bonchev–Trinajstić information content (AvgIpc) is 3.03. The standard InChI is InChI=1S/C24H17Cl3N2O2/c1-15-19(24(30)29(28-15)18-8-3-2-4-9-18)11-16-12-21(26)23(22(27)13-16)31-14-17-7-5-6-10-20(17)25/h2-13H,14H2,1H3/b19-11+. The summed E-state index contributed by atoms with van der Waals surface area (Å²) in [5.41, 5.74) is 3.29. The van der Waals surface area contributed by atoms with Crippen LogP contribution in [0.5, 0.6) is 5.75 Å². The lowest BCUT2D eigenvalue weighted by Gasteiger charge is -2.12. The summed E-state index contributed by atoms with van der Waals surface area (Å²) >= 11 is 19.0. The number of para-hydroxylation sites is 1. The van der Waals surface area contributed by atoms with E-state index in [1.54, 1.807) is 31.2 Å². The van der Waals surface area contributed by atoms with Crippen LogP contribution in [0.4, 0.5) is 5.69 Å². The molecule has 156 valence electrons. The molecule has 0 radical (unpaired) electrons. The Labute approximate surface area is 195 Å². The lowest BCUT2D eigenvalue weighted by molar-refractivity contribution is -0.114. The van der Waals surface area contributed by atoms with Crippen molar-refractivity contribution >= 4 is 58.2 Å².